The fourth-order valence-corrected chi connectivity index (χ4v) is 6.02. The lowest BCUT2D eigenvalue weighted by atomic mass is 9.98. The summed E-state index contributed by atoms with van der Waals surface area (Å²) in [6.07, 6.45) is 0.794. The largest absolute Gasteiger partial charge is 0.398 e. The van der Waals surface area contributed by atoms with Gasteiger partial charge in [-0.2, -0.15) is 0 Å². The third-order valence-electron chi connectivity index (χ3n) is 5.09. The number of nitrogens with one attached hydrogen (secondary N) is 1. The number of thiophene rings is 1. The van der Waals surface area contributed by atoms with Crippen molar-refractivity contribution in [1.29, 1.82) is 0 Å². The zero-order valence-electron chi connectivity index (χ0n) is 14.6. The number of benzene rings is 2. The summed E-state index contributed by atoms with van der Waals surface area (Å²) in [5.74, 6) is 0. The Balaban J connectivity index is 1.54. The van der Waals surface area contributed by atoms with Crippen molar-refractivity contribution in [3.05, 3.63) is 71.2 Å². The molecule has 0 amide bonds. The van der Waals surface area contributed by atoms with Crippen molar-refractivity contribution in [2.24, 2.45) is 0 Å². The number of nitrogens with two attached hydrogens (primary N) is 1. The van der Waals surface area contributed by atoms with E-state index >= 15 is 0 Å². The lowest BCUT2D eigenvalue weighted by Gasteiger charge is -2.12. The number of halogens is 1. The number of anilines is 1. The minimum atomic E-state index is -3.57. The molecule has 140 valence electrons. The van der Waals surface area contributed by atoms with Gasteiger partial charge in [0.25, 0.3) is 0 Å². The molecule has 0 bridgehead atoms. The predicted molar refractivity (Wildman–Crippen MR) is 112 cm³/mol. The number of sulfonamides is 1. The molecule has 1 saturated carbocycles. The Kier molecular flexibility index (Phi) is 4.55. The Morgan fingerprint density at radius 2 is 1.89 bits per heavy atom. The first-order valence-corrected chi connectivity index (χ1v) is 11.2. The second-order valence-corrected chi connectivity index (χ2v) is 10.4. The molecule has 2 aromatic carbocycles. The molecule has 0 radical (unpaired) electrons. The average molecular weight is 419 g/mol. The lowest BCUT2D eigenvalue weighted by molar-refractivity contribution is 0.576. The maximum atomic E-state index is 12.8. The highest BCUT2D eigenvalue weighted by molar-refractivity contribution is 7.91. The molecular weight excluding hydrogens is 400 g/mol. The highest BCUT2D eigenvalue weighted by Crippen LogP contribution is 2.48. The standard InChI is InChI=1S/C20H19ClN2O2S2/c1-20(14-5-3-2-4-6-14)12-18(20)23-27(24,25)19-10-9-17(26-19)13-7-8-15(21)16(22)11-13/h2-11,18,23H,12,22H2,1H3/t18-,20+/m0/s1. The number of rotatable bonds is 5. The Hall–Kier alpha value is -1.86. The Morgan fingerprint density at radius 1 is 1.15 bits per heavy atom. The van der Waals surface area contributed by atoms with Gasteiger partial charge < -0.3 is 5.73 Å². The SMILES string of the molecule is C[C@]1(c2ccccc2)C[C@@H]1NS(=O)(=O)c1ccc(-c2ccc(Cl)c(N)c2)s1. The quantitative estimate of drug-likeness (QED) is 0.592. The summed E-state index contributed by atoms with van der Waals surface area (Å²) < 4.78 is 28.8. The highest BCUT2D eigenvalue weighted by atomic mass is 35.5. The first kappa shape index (κ1) is 18.5. The Labute approximate surface area is 168 Å². The Morgan fingerprint density at radius 3 is 2.59 bits per heavy atom. The van der Waals surface area contributed by atoms with E-state index in [2.05, 4.69) is 11.6 Å². The van der Waals surface area contributed by atoms with Crippen LogP contribution in [0.3, 0.4) is 0 Å². The zero-order valence-corrected chi connectivity index (χ0v) is 17.0. The van der Waals surface area contributed by atoms with E-state index in [0.29, 0.717) is 14.9 Å². The molecular formula is C20H19ClN2O2S2. The molecule has 1 aliphatic rings. The van der Waals surface area contributed by atoms with E-state index in [-0.39, 0.29) is 11.5 Å². The molecule has 1 aromatic heterocycles. The van der Waals surface area contributed by atoms with Gasteiger partial charge in [0.1, 0.15) is 4.21 Å². The van der Waals surface area contributed by atoms with Crippen LogP contribution in [0.15, 0.2) is 64.9 Å². The van der Waals surface area contributed by atoms with Gasteiger partial charge in [0.2, 0.25) is 10.0 Å². The van der Waals surface area contributed by atoms with Gasteiger partial charge in [0.15, 0.2) is 0 Å². The molecule has 7 heteroatoms. The third kappa shape index (κ3) is 3.50. The fourth-order valence-electron chi connectivity index (χ4n) is 3.24. The maximum absolute atomic E-state index is 12.8. The molecule has 3 N–H and O–H groups in total. The molecule has 0 spiro atoms. The molecule has 1 heterocycles. The van der Waals surface area contributed by atoms with Crippen LogP contribution in [0.25, 0.3) is 10.4 Å². The van der Waals surface area contributed by atoms with Crippen LogP contribution in [-0.2, 0) is 15.4 Å². The van der Waals surface area contributed by atoms with Crippen LogP contribution >= 0.6 is 22.9 Å². The van der Waals surface area contributed by atoms with Crippen molar-refractivity contribution in [3.8, 4) is 10.4 Å². The van der Waals surface area contributed by atoms with E-state index < -0.39 is 10.0 Å². The molecule has 4 nitrogen and oxygen atoms in total. The number of hydrogen-bond acceptors (Lipinski definition) is 4. The van der Waals surface area contributed by atoms with Gasteiger partial charge in [0, 0.05) is 16.3 Å². The van der Waals surface area contributed by atoms with Crippen molar-refractivity contribution in [3.63, 3.8) is 0 Å². The summed E-state index contributed by atoms with van der Waals surface area (Å²) in [6.45, 7) is 2.09. The van der Waals surface area contributed by atoms with Crippen LogP contribution in [0.5, 0.6) is 0 Å². The topological polar surface area (TPSA) is 72.2 Å². The molecule has 1 fully saturated rings. The summed E-state index contributed by atoms with van der Waals surface area (Å²) in [4.78, 5) is 0.834. The molecule has 3 aromatic rings. The van der Waals surface area contributed by atoms with Crippen LogP contribution < -0.4 is 10.5 Å². The second kappa shape index (κ2) is 6.63. The van der Waals surface area contributed by atoms with E-state index in [9.17, 15) is 8.42 Å². The Bertz CT molecular complexity index is 1100. The molecule has 2 atom stereocenters. The lowest BCUT2D eigenvalue weighted by Crippen LogP contribution is -2.29. The minimum Gasteiger partial charge on any atom is -0.398 e. The van der Waals surface area contributed by atoms with Crippen LogP contribution in [0.4, 0.5) is 5.69 Å². The van der Waals surface area contributed by atoms with Crippen molar-refractivity contribution >= 4 is 38.6 Å². The van der Waals surface area contributed by atoms with E-state index in [0.717, 1.165) is 22.4 Å². The number of hydrogen-bond donors (Lipinski definition) is 2. The molecule has 0 aliphatic heterocycles. The summed E-state index contributed by atoms with van der Waals surface area (Å²) in [6, 6.07) is 18.7. The first-order valence-electron chi connectivity index (χ1n) is 8.53. The van der Waals surface area contributed by atoms with Crippen LogP contribution in [0.2, 0.25) is 5.02 Å². The van der Waals surface area contributed by atoms with Crippen molar-refractivity contribution in [2.75, 3.05) is 5.73 Å². The number of nitrogen functional groups attached to an aromatic ring is 1. The summed E-state index contributed by atoms with van der Waals surface area (Å²) in [5, 5.41) is 0.485. The third-order valence-corrected chi connectivity index (χ3v) is 8.54. The predicted octanol–water partition coefficient (Wildman–Crippen LogP) is 4.66. The van der Waals surface area contributed by atoms with E-state index in [1.54, 1.807) is 24.3 Å². The van der Waals surface area contributed by atoms with Gasteiger partial charge in [-0.05, 0) is 41.8 Å². The molecule has 0 unspecified atom stereocenters. The van der Waals surface area contributed by atoms with Crippen LogP contribution in [0, 0.1) is 0 Å². The van der Waals surface area contributed by atoms with Crippen LogP contribution in [-0.4, -0.2) is 14.5 Å². The van der Waals surface area contributed by atoms with Crippen molar-refractivity contribution < 1.29 is 8.42 Å². The highest BCUT2D eigenvalue weighted by Gasteiger charge is 2.53. The van der Waals surface area contributed by atoms with Gasteiger partial charge in [-0.1, -0.05) is 54.9 Å². The molecule has 27 heavy (non-hydrogen) atoms. The van der Waals surface area contributed by atoms with Gasteiger partial charge in [-0.25, -0.2) is 13.1 Å². The van der Waals surface area contributed by atoms with Gasteiger partial charge >= 0.3 is 0 Å². The monoisotopic (exact) mass is 418 g/mol. The first-order chi connectivity index (χ1) is 12.8. The van der Waals surface area contributed by atoms with E-state index in [4.69, 9.17) is 17.3 Å². The second-order valence-electron chi connectivity index (χ2n) is 7.02. The molecule has 0 saturated heterocycles. The van der Waals surface area contributed by atoms with Crippen molar-refractivity contribution in [1.82, 2.24) is 4.72 Å². The van der Waals surface area contributed by atoms with Gasteiger partial charge in [-0.15, -0.1) is 11.3 Å². The van der Waals surface area contributed by atoms with E-state index in [1.807, 2.05) is 36.4 Å². The minimum absolute atomic E-state index is 0.0957. The summed E-state index contributed by atoms with van der Waals surface area (Å²) in [7, 11) is -3.57. The van der Waals surface area contributed by atoms with Gasteiger partial charge in [0.05, 0.1) is 10.7 Å². The van der Waals surface area contributed by atoms with Crippen LogP contribution in [0.1, 0.15) is 18.9 Å². The van der Waals surface area contributed by atoms with Gasteiger partial charge in [-0.3, -0.25) is 0 Å². The smallest absolute Gasteiger partial charge is 0.250 e. The maximum Gasteiger partial charge on any atom is 0.250 e. The molecule has 1 aliphatic carbocycles. The average Bonchev–Trinajstić information content (AvgIpc) is 3.08. The van der Waals surface area contributed by atoms with E-state index in [1.165, 1.54) is 11.3 Å². The normalized spacial score (nSPS) is 21.9. The summed E-state index contributed by atoms with van der Waals surface area (Å²) in [5.41, 5.74) is 8.18. The van der Waals surface area contributed by atoms with Crippen molar-refractivity contribution in [2.45, 2.75) is 29.0 Å². The zero-order chi connectivity index (χ0) is 19.2. The summed E-state index contributed by atoms with van der Waals surface area (Å²) >= 11 is 7.18. The molecule has 4 rings (SSSR count). The fraction of sp³-hybridized carbons (Fsp3) is 0.200.